The van der Waals surface area contributed by atoms with Gasteiger partial charge in [0.2, 0.25) is 0 Å². The third kappa shape index (κ3) is 3.08. The number of carbonyl (C=O) groups excluding carboxylic acids is 1. The van der Waals surface area contributed by atoms with Crippen molar-refractivity contribution in [3.8, 4) is 5.75 Å². The van der Waals surface area contributed by atoms with Crippen LogP contribution in [-0.4, -0.2) is 17.7 Å². The molecule has 1 N–H and O–H groups in total. The third-order valence-corrected chi connectivity index (χ3v) is 3.13. The van der Waals surface area contributed by atoms with Gasteiger partial charge >= 0.3 is 5.63 Å². The summed E-state index contributed by atoms with van der Waals surface area (Å²) in [4.78, 5) is 24.2. The Morgan fingerprint density at radius 1 is 1.30 bits per heavy atom. The van der Waals surface area contributed by atoms with Gasteiger partial charge in [0.15, 0.2) is 5.82 Å². The van der Waals surface area contributed by atoms with Crippen LogP contribution in [0.4, 0.5) is 5.82 Å². The van der Waals surface area contributed by atoms with Gasteiger partial charge in [0, 0.05) is 17.5 Å². The third-order valence-electron chi connectivity index (χ3n) is 3.13. The minimum absolute atomic E-state index is 0.109. The first-order valence-corrected chi connectivity index (χ1v) is 7.02. The second-order valence-electron chi connectivity index (χ2n) is 4.86. The Bertz CT molecular complexity index is 926. The van der Waals surface area contributed by atoms with Crippen LogP contribution in [0.5, 0.6) is 5.75 Å². The van der Waals surface area contributed by atoms with E-state index in [4.69, 9.17) is 13.7 Å². The maximum atomic E-state index is 12.2. The van der Waals surface area contributed by atoms with Gasteiger partial charge in [0.05, 0.1) is 6.61 Å². The molecule has 23 heavy (non-hydrogen) atoms. The lowest BCUT2D eigenvalue weighted by Crippen LogP contribution is -2.20. The number of fused-ring (bicyclic) bond motifs is 1. The van der Waals surface area contributed by atoms with E-state index < -0.39 is 11.5 Å². The fourth-order valence-corrected chi connectivity index (χ4v) is 2.12. The zero-order valence-corrected chi connectivity index (χ0v) is 12.6. The molecule has 0 atom stereocenters. The molecular formula is C16H14N2O5. The highest BCUT2D eigenvalue weighted by molar-refractivity contribution is 6.04. The van der Waals surface area contributed by atoms with Crippen molar-refractivity contribution in [2.45, 2.75) is 13.8 Å². The molecule has 0 saturated carbocycles. The number of aryl methyl sites for hydroxylation is 1. The summed E-state index contributed by atoms with van der Waals surface area (Å²) in [6.07, 6.45) is 0. The summed E-state index contributed by atoms with van der Waals surface area (Å²) >= 11 is 0. The Labute approximate surface area is 130 Å². The van der Waals surface area contributed by atoms with E-state index in [9.17, 15) is 9.59 Å². The fraction of sp³-hybridized carbons (Fsp3) is 0.188. The number of ether oxygens (including phenoxy) is 1. The Morgan fingerprint density at radius 2 is 2.13 bits per heavy atom. The molecule has 7 heteroatoms. The quantitative estimate of drug-likeness (QED) is 0.744. The lowest BCUT2D eigenvalue weighted by atomic mass is 10.1. The topological polar surface area (TPSA) is 94.6 Å². The second kappa shape index (κ2) is 5.96. The zero-order chi connectivity index (χ0) is 16.4. The number of anilines is 1. The van der Waals surface area contributed by atoms with Crippen molar-refractivity contribution < 1.29 is 18.5 Å². The highest BCUT2D eigenvalue weighted by Crippen LogP contribution is 2.21. The van der Waals surface area contributed by atoms with Gasteiger partial charge in [0.25, 0.3) is 5.91 Å². The minimum Gasteiger partial charge on any atom is -0.494 e. The van der Waals surface area contributed by atoms with Crippen LogP contribution in [0, 0.1) is 6.92 Å². The Balaban J connectivity index is 1.94. The predicted molar refractivity (Wildman–Crippen MR) is 82.8 cm³/mol. The van der Waals surface area contributed by atoms with Gasteiger partial charge in [-0.05, 0) is 32.0 Å². The van der Waals surface area contributed by atoms with Crippen LogP contribution >= 0.6 is 0 Å². The molecule has 2 aromatic heterocycles. The number of hydrogen-bond acceptors (Lipinski definition) is 6. The van der Waals surface area contributed by atoms with Crippen molar-refractivity contribution in [2.75, 3.05) is 11.9 Å². The molecule has 0 saturated heterocycles. The van der Waals surface area contributed by atoms with Crippen molar-refractivity contribution in [3.05, 3.63) is 52.1 Å². The number of nitrogens with one attached hydrogen (secondary N) is 1. The summed E-state index contributed by atoms with van der Waals surface area (Å²) < 4.78 is 15.4. The van der Waals surface area contributed by atoms with E-state index in [1.807, 2.05) is 6.92 Å². The first kappa shape index (κ1) is 14.8. The van der Waals surface area contributed by atoms with E-state index in [-0.39, 0.29) is 11.4 Å². The number of carbonyl (C=O) groups is 1. The molecule has 3 rings (SSSR count). The minimum atomic E-state index is -0.733. The maximum Gasteiger partial charge on any atom is 0.349 e. The summed E-state index contributed by atoms with van der Waals surface area (Å²) in [7, 11) is 0. The molecule has 2 heterocycles. The number of nitrogens with zero attached hydrogens (tertiary/aromatic N) is 1. The number of amides is 1. The van der Waals surface area contributed by atoms with E-state index in [2.05, 4.69) is 10.5 Å². The number of hydrogen-bond donors (Lipinski definition) is 1. The Morgan fingerprint density at radius 3 is 2.83 bits per heavy atom. The van der Waals surface area contributed by atoms with Crippen molar-refractivity contribution in [3.63, 3.8) is 0 Å². The van der Waals surface area contributed by atoms with Gasteiger partial charge in [-0.2, -0.15) is 0 Å². The summed E-state index contributed by atoms with van der Waals surface area (Å²) in [6, 6.07) is 8.10. The average molecular weight is 314 g/mol. The fourth-order valence-electron chi connectivity index (χ4n) is 2.12. The molecule has 0 aliphatic rings. The molecule has 1 aromatic carbocycles. The molecule has 7 nitrogen and oxygen atoms in total. The van der Waals surface area contributed by atoms with Crippen molar-refractivity contribution in [2.24, 2.45) is 0 Å². The van der Waals surface area contributed by atoms with Crippen molar-refractivity contribution in [1.82, 2.24) is 5.16 Å². The number of aromatic nitrogens is 1. The summed E-state index contributed by atoms with van der Waals surface area (Å²) in [5.41, 5.74) is -0.485. The molecule has 0 unspecified atom stereocenters. The molecule has 1 amide bonds. The van der Waals surface area contributed by atoms with Crippen LogP contribution in [0.3, 0.4) is 0 Å². The van der Waals surface area contributed by atoms with Gasteiger partial charge < -0.3 is 19.0 Å². The van der Waals surface area contributed by atoms with E-state index in [0.29, 0.717) is 29.1 Å². The molecule has 0 radical (unpaired) electrons. The summed E-state index contributed by atoms with van der Waals surface area (Å²) in [5, 5.41) is 6.76. The lowest BCUT2D eigenvalue weighted by Gasteiger charge is -2.05. The molecule has 0 aliphatic heterocycles. The van der Waals surface area contributed by atoms with Gasteiger partial charge in [-0.25, -0.2) is 4.79 Å². The summed E-state index contributed by atoms with van der Waals surface area (Å²) in [5.74, 6) is 0.772. The molecule has 0 fully saturated rings. The largest absolute Gasteiger partial charge is 0.494 e. The Hall–Kier alpha value is -3.09. The highest BCUT2D eigenvalue weighted by atomic mass is 16.5. The van der Waals surface area contributed by atoms with Crippen LogP contribution in [0.1, 0.15) is 23.0 Å². The van der Waals surface area contributed by atoms with Crippen LogP contribution in [-0.2, 0) is 0 Å². The molecule has 0 bridgehead atoms. The molecule has 0 aliphatic carbocycles. The van der Waals surface area contributed by atoms with Crippen LogP contribution in [0.15, 0.2) is 44.1 Å². The van der Waals surface area contributed by atoms with Gasteiger partial charge in [-0.3, -0.25) is 4.79 Å². The highest BCUT2D eigenvalue weighted by Gasteiger charge is 2.15. The molecular weight excluding hydrogens is 300 g/mol. The van der Waals surface area contributed by atoms with Gasteiger partial charge in [-0.1, -0.05) is 5.16 Å². The molecule has 3 aromatic rings. The lowest BCUT2D eigenvalue weighted by molar-refractivity contribution is 0.102. The zero-order valence-electron chi connectivity index (χ0n) is 12.6. The van der Waals surface area contributed by atoms with Gasteiger partial charge in [0.1, 0.15) is 22.7 Å². The number of benzene rings is 1. The van der Waals surface area contributed by atoms with E-state index in [0.717, 1.165) is 0 Å². The SMILES string of the molecule is CCOc1ccc2cc(C(=O)Nc3cc(C)on3)c(=O)oc2c1. The molecule has 0 spiro atoms. The van der Waals surface area contributed by atoms with Crippen LogP contribution in [0.25, 0.3) is 11.0 Å². The first-order valence-electron chi connectivity index (χ1n) is 7.02. The number of rotatable bonds is 4. The normalized spacial score (nSPS) is 10.7. The van der Waals surface area contributed by atoms with E-state index in [1.165, 1.54) is 6.07 Å². The van der Waals surface area contributed by atoms with Gasteiger partial charge in [-0.15, -0.1) is 0 Å². The smallest absolute Gasteiger partial charge is 0.349 e. The maximum absolute atomic E-state index is 12.2. The Kier molecular flexibility index (Phi) is 3.84. The predicted octanol–water partition coefficient (Wildman–Crippen LogP) is 2.74. The average Bonchev–Trinajstić information content (AvgIpc) is 2.91. The van der Waals surface area contributed by atoms with E-state index >= 15 is 0 Å². The van der Waals surface area contributed by atoms with Crippen LogP contribution in [0.2, 0.25) is 0 Å². The standard InChI is InChI=1S/C16H14N2O5/c1-3-21-11-5-4-10-7-12(16(20)22-13(10)8-11)15(19)17-14-6-9(2)23-18-14/h4-8H,3H2,1-2H3,(H,17,18,19). The van der Waals surface area contributed by atoms with Crippen molar-refractivity contribution in [1.29, 1.82) is 0 Å². The van der Waals surface area contributed by atoms with E-state index in [1.54, 1.807) is 31.2 Å². The second-order valence-corrected chi connectivity index (χ2v) is 4.86. The van der Waals surface area contributed by atoms with Crippen LogP contribution < -0.4 is 15.7 Å². The monoisotopic (exact) mass is 314 g/mol. The van der Waals surface area contributed by atoms with Crippen molar-refractivity contribution >= 4 is 22.7 Å². The first-order chi connectivity index (χ1) is 11.1. The molecule has 118 valence electrons. The summed E-state index contributed by atoms with van der Waals surface area (Å²) in [6.45, 7) is 4.07.